The van der Waals surface area contributed by atoms with Crippen LogP contribution in [0.5, 0.6) is 0 Å². The minimum atomic E-state index is -0.268. The Morgan fingerprint density at radius 2 is 2.31 bits per heavy atom. The van der Waals surface area contributed by atoms with Gasteiger partial charge in [-0.15, -0.1) is 0 Å². The van der Waals surface area contributed by atoms with Crippen molar-refractivity contribution >= 4 is 17.7 Å². The normalized spacial score (nSPS) is 9.69. The average Bonchev–Trinajstić information content (AvgIpc) is 2.28. The van der Waals surface area contributed by atoms with Gasteiger partial charge in [0, 0.05) is 18.3 Å². The van der Waals surface area contributed by atoms with Gasteiger partial charge in [0.2, 0.25) is 5.95 Å². The highest BCUT2D eigenvalue weighted by Crippen LogP contribution is 2.08. The number of esters is 1. The van der Waals surface area contributed by atoms with Gasteiger partial charge in [0.15, 0.2) is 0 Å². The first-order chi connectivity index (χ1) is 7.65. The Morgan fingerprint density at radius 1 is 1.56 bits per heavy atom. The summed E-state index contributed by atoms with van der Waals surface area (Å²) >= 11 is 0. The molecule has 1 aromatic rings. The number of nitrogens with two attached hydrogens (primary N) is 1. The van der Waals surface area contributed by atoms with E-state index in [2.05, 4.69) is 25.4 Å². The number of anilines is 2. The summed E-state index contributed by atoms with van der Waals surface area (Å²) in [6.45, 7) is 2.28. The zero-order valence-corrected chi connectivity index (χ0v) is 9.28. The van der Waals surface area contributed by atoms with E-state index < -0.39 is 0 Å². The Kier molecular flexibility index (Phi) is 4.46. The molecule has 0 saturated carbocycles. The third kappa shape index (κ3) is 3.70. The first-order valence-corrected chi connectivity index (χ1v) is 4.78. The van der Waals surface area contributed by atoms with Gasteiger partial charge >= 0.3 is 5.97 Å². The Balaban J connectivity index is 2.53. The molecule has 16 heavy (non-hydrogen) atoms. The van der Waals surface area contributed by atoms with Gasteiger partial charge < -0.3 is 10.1 Å². The van der Waals surface area contributed by atoms with Gasteiger partial charge in [0.05, 0.1) is 13.5 Å². The molecule has 7 nitrogen and oxygen atoms in total. The lowest BCUT2D eigenvalue weighted by atomic mass is 10.4. The molecule has 0 spiro atoms. The lowest BCUT2D eigenvalue weighted by Crippen LogP contribution is -2.14. The number of hydrazine groups is 1. The topological polar surface area (TPSA) is 102 Å². The minimum absolute atomic E-state index is 0.268. The second-order valence-corrected chi connectivity index (χ2v) is 3.12. The standard InChI is InChI=1S/C9H15N5O2/c1-6-5-7(13-9(12-6)14-10)11-4-3-8(15)16-2/h5H,3-4,10H2,1-2H3,(H2,11,12,13,14). The molecule has 1 rings (SSSR count). The maximum absolute atomic E-state index is 10.9. The number of carbonyl (C=O) groups excluding carboxylic acids is 1. The highest BCUT2D eigenvalue weighted by molar-refractivity contribution is 5.69. The quantitative estimate of drug-likeness (QED) is 0.369. The number of aromatic nitrogens is 2. The van der Waals surface area contributed by atoms with Gasteiger partial charge in [-0.2, -0.15) is 4.98 Å². The fourth-order valence-corrected chi connectivity index (χ4v) is 1.12. The number of methoxy groups -OCH3 is 1. The molecule has 7 heteroatoms. The number of hydrogen-bond donors (Lipinski definition) is 3. The number of nitrogens with one attached hydrogen (secondary N) is 2. The Morgan fingerprint density at radius 3 is 2.94 bits per heavy atom. The van der Waals surface area contributed by atoms with Gasteiger partial charge in [0.25, 0.3) is 0 Å². The second-order valence-electron chi connectivity index (χ2n) is 3.12. The predicted octanol–water partition coefficient (Wildman–Crippen LogP) is 0.0456. The number of ether oxygens (including phenoxy) is 1. The van der Waals surface area contributed by atoms with Crippen LogP contribution in [-0.2, 0) is 9.53 Å². The Labute approximate surface area is 93.4 Å². The molecule has 88 valence electrons. The molecule has 0 aliphatic carbocycles. The first-order valence-electron chi connectivity index (χ1n) is 4.78. The summed E-state index contributed by atoms with van der Waals surface area (Å²) in [7, 11) is 1.35. The Hall–Kier alpha value is -1.89. The van der Waals surface area contributed by atoms with Gasteiger partial charge in [-0.3, -0.25) is 10.2 Å². The van der Waals surface area contributed by atoms with Crippen molar-refractivity contribution in [2.24, 2.45) is 5.84 Å². The van der Waals surface area contributed by atoms with Crippen LogP contribution in [0.3, 0.4) is 0 Å². The largest absolute Gasteiger partial charge is 0.469 e. The molecule has 0 aromatic carbocycles. The molecule has 0 saturated heterocycles. The fraction of sp³-hybridized carbons (Fsp3) is 0.444. The molecule has 0 atom stereocenters. The van der Waals surface area contributed by atoms with E-state index in [0.717, 1.165) is 5.69 Å². The molecular formula is C9H15N5O2. The van der Waals surface area contributed by atoms with Gasteiger partial charge in [0.1, 0.15) is 5.82 Å². The first kappa shape index (κ1) is 12.2. The van der Waals surface area contributed by atoms with Crippen molar-refractivity contribution < 1.29 is 9.53 Å². The van der Waals surface area contributed by atoms with Crippen molar-refractivity contribution in [3.63, 3.8) is 0 Å². The minimum Gasteiger partial charge on any atom is -0.469 e. The van der Waals surface area contributed by atoms with Crippen LogP contribution in [0.15, 0.2) is 6.07 Å². The molecule has 0 aliphatic rings. The molecule has 0 aliphatic heterocycles. The summed E-state index contributed by atoms with van der Waals surface area (Å²) in [4.78, 5) is 19.0. The molecule has 1 aromatic heterocycles. The van der Waals surface area contributed by atoms with Crippen molar-refractivity contribution in [1.29, 1.82) is 0 Å². The van der Waals surface area contributed by atoms with Gasteiger partial charge in [-0.25, -0.2) is 10.8 Å². The lowest BCUT2D eigenvalue weighted by Gasteiger charge is -2.07. The van der Waals surface area contributed by atoms with Gasteiger partial charge in [-0.1, -0.05) is 0 Å². The van der Waals surface area contributed by atoms with Crippen LogP contribution >= 0.6 is 0 Å². The van der Waals surface area contributed by atoms with Crippen molar-refractivity contribution in [3.05, 3.63) is 11.8 Å². The van der Waals surface area contributed by atoms with Crippen LogP contribution in [0, 0.1) is 6.92 Å². The van der Waals surface area contributed by atoms with E-state index in [9.17, 15) is 4.79 Å². The van der Waals surface area contributed by atoms with E-state index >= 15 is 0 Å². The fourth-order valence-electron chi connectivity index (χ4n) is 1.12. The molecule has 4 N–H and O–H groups in total. The average molecular weight is 225 g/mol. The highest BCUT2D eigenvalue weighted by atomic mass is 16.5. The van der Waals surface area contributed by atoms with Crippen LogP contribution < -0.4 is 16.6 Å². The predicted molar refractivity (Wildman–Crippen MR) is 59.7 cm³/mol. The van der Waals surface area contributed by atoms with Crippen molar-refractivity contribution in [1.82, 2.24) is 9.97 Å². The van der Waals surface area contributed by atoms with Crippen molar-refractivity contribution in [3.8, 4) is 0 Å². The van der Waals surface area contributed by atoms with Crippen LogP contribution in [0.4, 0.5) is 11.8 Å². The number of nitrogens with zero attached hydrogens (tertiary/aromatic N) is 2. The third-order valence-corrected chi connectivity index (χ3v) is 1.85. The number of hydrogen-bond acceptors (Lipinski definition) is 7. The summed E-state index contributed by atoms with van der Waals surface area (Å²) < 4.78 is 4.51. The van der Waals surface area contributed by atoms with Crippen LogP contribution in [0.2, 0.25) is 0 Å². The molecule has 0 amide bonds. The summed E-state index contributed by atoms with van der Waals surface area (Å²) in [5, 5.41) is 2.98. The SMILES string of the molecule is COC(=O)CCNc1cc(C)nc(NN)n1. The van der Waals surface area contributed by atoms with E-state index in [1.807, 2.05) is 6.92 Å². The lowest BCUT2D eigenvalue weighted by molar-refractivity contribution is -0.140. The maximum atomic E-state index is 10.9. The molecule has 0 bridgehead atoms. The van der Waals surface area contributed by atoms with E-state index in [1.165, 1.54) is 7.11 Å². The highest BCUT2D eigenvalue weighted by Gasteiger charge is 2.02. The van der Waals surface area contributed by atoms with E-state index in [4.69, 9.17) is 5.84 Å². The zero-order chi connectivity index (χ0) is 12.0. The summed E-state index contributed by atoms with van der Waals surface area (Å²) in [6.07, 6.45) is 0.283. The summed E-state index contributed by atoms with van der Waals surface area (Å²) in [5.41, 5.74) is 3.15. The molecule has 0 fully saturated rings. The van der Waals surface area contributed by atoms with Crippen LogP contribution in [0.25, 0.3) is 0 Å². The number of carbonyl (C=O) groups is 1. The molecule has 0 unspecified atom stereocenters. The number of rotatable bonds is 5. The van der Waals surface area contributed by atoms with Crippen molar-refractivity contribution in [2.75, 3.05) is 24.4 Å². The second kappa shape index (κ2) is 5.86. The summed E-state index contributed by atoms with van der Waals surface area (Å²) in [6, 6.07) is 1.76. The molecule has 1 heterocycles. The smallest absolute Gasteiger partial charge is 0.307 e. The van der Waals surface area contributed by atoms with Crippen molar-refractivity contribution in [2.45, 2.75) is 13.3 Å². The monoisotopic (exact) mass is 225 g/mol. The zero-order valence-electron chi connectivity index (χ0n) is 9.28. The Bertz CT molecular complexity index is 369. The van der Waals surface area contributed by atoms with Gasteiger partial charge in [-0.05, 0) is 6.92 Å². The van der Waals surface area contributed by atoms with E-state index in [1.54, 1.807) is 6.07 Å². The van der Waals surface area contributed by atoms with E-state index in [-0.39, 0.29) is 12.4 Å². The van der Waals surface area contributed by atoms with Crippen LogP contribution in [0.1, 0.15) is 12.1 Å². The third-order valence-electron chi connectivity index (χ3n) is 1.85. The maximum Gasteiger partial charge on any atom is 0.307 e. The summed E-state index contributed by atoms with van der Waals surface area (Å²) in [5.74, 6) is 5.89. The van der Waals surface area contributed by atoms with Crippen LogP contribution in [-0.4, -0.2) is 29.6 Å². The molecule has 0 radical (unpaired) electrons. The number of nitrogen functional groups attached to an aromatic ring is 1. The van der Waals surface area contributed by atoms with E-state index in [0.29, 0.717) is 18.3 Å². The molecular weight excluding hydrogens is 210 g/mol. The number of aryl methyl sites for hydroxylation is 1.